The highest BCUT2D eigenvalue weighted by Crippen LogP contribution is 2.37. The highest BCUT2D eigenvalue weighted by molar-refractivity contribution is 7.22. The molecule has 8 nitrogen and oxygen atoms in total. The summed E-state index contributed by atoms with van der Waals surface area (Å²) < 4.78 is 25.4. The van der Waals surface area contributed by atoms with Gasteiger partial charge in [-0.1, -0.05) is 17.4 Å². The van der Waals surface area contributed by atoms with Gasteiger partial charge in [-0.25, -0.2) is 9.37 Å². The number of methoxy groups -OCH3 is 1. The molecule has 0 radical (unpaired) electrons. The van der Waals surface area contributed by atoms with Gasteiger partial charge in [0.25, 0.3) is 0 Å². The topological polar surface area (TPSA) is 75.2 Å². The number of carbonyl (C=O) groups excluding carboxylic acids is 2. The molecule has 3 aromatic rings. The molecule has 0 N–H and O–H groups in total. The number of fused-ring (bicyclic) bond motifs is 1. The number of hydrogen-bond acceptors (Lipinski definition) is 7. The van der Waals surface area contributed by atoms with E-state index in [-0.39, 0.29) is 43.0 Å². The predicted octanol–water partition coefficient (Wildman–Crippen LogP) is 4.28. The third-order valence-electron chi connectivity index (χ3n) is 6.98. The maximum atomic E-state index is 13.9. The number of morpholine rings is 1. The van der Waals surface area contributed by atoms with Gasteiger partial charge in [0.2, 0.25) is 11.8 Å². The summed E-state index contributed by atoms with van der Waals surface area (Å²) in [5.74, 6) is -0.454. The number of anilines is 2. The van der Waals surface area contributed by atoms with Crippen molar-refractivity contribution >= 4 is 56.6 Å². The number of rotatable bonds is 8. The average Bonchev–Trinajstić information content (AvgIpc) is 3.53. The van der Waals surface area contributed by atoms with Gasteiger partial charge in [0.15, 0.2) is 5.13 Å². The third-order valence-corrected chi connectivity index (χ3v) is 8.20. The summed E-state index contributed by atoms with van der Waals surface area (Å²) in [5, 5.41) is 0.613. The van der Waals surface area contributed by atoms with Crippen molar-refractivity contribution in [2.24, 2.45) is 5.92 Å². The first-order valence-corrected chi connectivity index (χ1v) is 13.4. The Labute approximate surface area is 231 Å². The van der Waals surface area contributed by atoms with Crippen LogP contribution in [0.3, 0.4) is 0 Å². The summed E-state index contributed by atoms with van der Waals surface area (Å²) in [6, 6.07) is 9.68. The minimum Gasteiger partial charge on any atom is -0.494 e. The molecule has 2 amide bonds. The van der Waals surface area contributed by atoms with E-state index in [0.29, 0.717) is 23.1 Å². The van der Waals surface area contributed by atoms with E-state index in [9.17, 15) is 14.0 Å². The van der Waals surface area contributed by atoms with Gasteiger partial charge in [0.1, 0.15) is 17.1 Å². The molecule has 0 aliphatic carbocycles. The van der Waals surface area contributed by atoms with Crippen LogP contribution in [0.25, 0.3) is 10.2 Å². The second-order valence-corrected chi connectivity index (χ2v) is 10.4. The second kappa shape index (κ2) is 12.4. The summed E-state index contributed by atoms with van der Waals surface area (Å²) in [6.45, 7) is 6.85. The fourth-order valence-electron chi connectivity index (χ4n) is 4.92. The first kappa shape index (κ1) is 28.2. The van der Waals surface area contributed by atoms with Crippen molar-refractivity contribution in [2.45, 2.75) is 19.8 Å². The van der Waals surface area contributed by atoms with Crippen molar-refractivity contribution in [1.82, 2.24) is 9.88 Å². The lowest BCUT2D eigenvalue weighted by molar-refractivity contribution is -0.124. The lowest BCUT2D eigenvalue weighted by Gasteiger charge is -2.28. The Hall–Kier alpha value is -2.79. The largest absolute Gasteiger partial charge is 0.494 e. The Balaban J connectivity index is 0.00000336. The zero-order valence-electron chi connectivity index (χ0n) is 21.5. The zero-order valence-corrected chi connectivity index (χ0v) is 23.2. The molecule has 2 fully saturated rings. The maximum Gasteiger partial charge on any atom is 0.234 e. The second-order valence-electron chi connectivity index (χ2n) is 9.44. The lowest BCUT2D eigenvalue weighted by atomic mass is 10.1. The monoisotopic (exact) mass is 562 g/mol. The van der Waals surface area contributed by atoms with Crippen LogP contribution < -0.4 is 14.5 Å². The van der Waals surface area contributed by atoms with Crippen LogP contribution in [0.1, 0.15) is 18.4 Å². The van der Waals surface area contributed by atoms with Gasteiger partial charge in [-0.2, -0.15) is 0 Å². The normalized spacial score (nSPS) is 18.0. The van der Waals surface area contributed by atoms with Gasteiger partial charge in [-0.15, -0.1) is 12.4 Å². The fourth-order valence-corrected chi connectivity index (χ4v) is 6.00. The Kier molecular flexibility index (Phi) is 9.19. The first-order valence-electron chi connectivity index (χ1n) is 12.6. The molecule has 11 heteroatoms. The van der Waals surface area contributed by atoms with E-state index in [1.165, 1.54) is 23.5 Å². The van der Waals surface area contributed by atoms with Crippen molar-refractivity contribution in [1.29, 1.82) is 0 Å². The van der Waals surface area contributed by atoms with Gasteiger partial charge < -0.3 is 14.4 Å². The number of amides is 2. The number of halogens is 2. The van der Waals surface area contributed by atoms with E-state index < -0.39 is 5.92 Å². The molecule has 2 aliphatic heterocycles. The van der Waals surface area contributed by atoms with Crippen molar-refractivity contribution in [3.05, 3.63) is 47.8 Å². The average molecular weight is 563 g/mol. The van der Waals surface area contributed by atoms with Crippen LogP contribution in [-0.4, -0.2) is 74.7 Å². The molecule has 0 bridgehead atoms. The zero-order chi connectivity index (χ0) is 25.9. The van der Waals surface area contributed by atoms with Crippen LogP contribution in [0.2, 0.25) is 0 Å². The highest BCUT2D eigenvalue weighted by Gasteiger charge is 2.38. The molecule has 0 saturated carbocycles. The number of hydrogen-bond donors (Lipinski definition) is 0. The van der Waals surface area contributed by atoms with Crippen LogP contribution >= 0.6 is 23.7 Å². The molecule has 1 aromatic heterocycles. The molecule has 0 spiro atoms. The van der Waals surface area contributed by atoms with Crippen molar-refractivity contribution in [3.8, 4) is 5.75 Å². The number of benzene rings is 2. The molecule has 204 valence electrons. The molecule has 38 heavy (non-hydrogen) atoms. The molecular weight excluding hydrogens is 531 g/mol. The Morgan fingerprint density at radius 1 is 1.21 bits per heavy atom. The molecule has 1 unspecified atom stereocenters. The molecule has 2 aromatic carbocycles. The molecule has 2 aliphatic rings. The van der Waals surface area contributed by atoms with Crippen LogP contribution in [0.15, 0.2) is 36.4 Å². The van der Waals surface area contributed by atoms with Crippen LogP contribution in [0, 0.1) is 18.7 Å². The van der Waals surface area contributed by atoms with E-state index in [2.05, 4.69) is 4.90 Å². The summed E-state index contributed by atoms with van der Waals surface area (Å²) >= 11 is 1.47. The number of aryl methyl sites for hydroxylation is 1. The summed E-state index contributed by atoms with van der Waals surface area (Å²) in [5.41, 5.74) is 2.41. The first-order chi connectivity index (χ1) is 17.9. The Morgan fingerprint density at radius 2 is 1.95 bits per heavy atom. The van der Waals surface area contributed by atoms with E-state index >= 15 is 0 Å². The lowest BCUT2D eigenvalue weighted by Crippen LogP contribution is -2.41. The van der Waals surface area contributed by atoms with E-state index in [1.807, 2.05) is 19.1 Å². The Bertz CT molecular complexity index is 1280. The van der Waals surface area contributed by atoms with Gasteiger partial charge in [0.05, 0.1) is 30.9 Å². The minimum atomic E-state index is -0.504. The van der Waals surface area contributed by atoms with Crippen LogP contribution in [-0.2, 0) is 14.3 Å². The number of aromatic nitrogens is 1. The summed E-state index contributed by atoms with van der Waals surface area (Å²) in [7, 11) is 1.61. The summed E-state index contributed by atoms with van der Waals surface area (Å²) in [4.78, 5) is 37.2. The minimum absolute atomic E-state index is 0. The number of nitrogens with zero attached hydrogens (tertiary/aromatic N) is 4. The quantitative estimate of drug-likeness (QED) is 0.408. The van der Waals surface area contributed by atoms with E-state index in [1.54, 1.807) is 29.0 Å². The van der Waals surface area contributed by atoms with Gasteiger partial charge in [-0.3, -0.25) is 19.4 Å². The van der Waals surface area contributed by atoms with Gasteiger partial charge in [-0.05, 0) is 49.2 Å². The van der Waals surface area contributed by atoms with Crippen molar-refractivity contribution < 1.29 is 23.5 Å². The number of ether oxygens (including phenoxy) is 2. The predicted molar refractivity (Wildman–Crippen MR) is 149 cm³/mol. The van der Waals surface area contributed by atoms with E-state index in [4.69, 9.17) is 14.5 Å². The maximum absolute atomic E-state index is 13.9. The van der Waals surface area contributed by atoms with Gasteiger partial charge >= 0.3 is 0 Å². The SMILES string of the molecule is COc1ccc(C)c2sc(N(CCCN3CCOCC3)C(=O)C3CC(=O)N(c4ccc(F)cc4)C3)nc12.Cl. The highest BCUT2D eigenvalue weighted by atomic mass is 35.5. The third kappa shape index (κ3) is 5.93. The number of thiazole rings is 1. The van der Waals surface area contributed by atoms with Crippen LogP contribution in [0.5, 0.6) is 5.75 Å². The smallest absolute Gasteiger partial charge is 0.234 e. The van der Waals surface area contributed by atoms with Gasteiger partial charge in [0, 0.05) is 44.8 Å². The Morgan fingerprint density at radius 3 is 2.66 bits per heavy atom. The van der Waals surface area contributed by atoms with Crippen molar-refractivity contribution in [3.63, 3.8) is 0 Å². The van der Waals surface area contributed by atoms with Crippen LogP contribution in [0.4, 0.5) is 15.2 Å². The fraction of sp³-hybridized carbons (Fsp3) is 0.444. The van der Waals surface area contributed by atoms with E-state index in [0.717, 1.165) is 55.0 Å². The molecule has 5 rings (SSSR count). The standard InChI is InChI=1S/C27H31FN4O4S.ClH/c1-18-4-9-22(35-2)24-25(18)37-27(29-24)31(11-3-10-30-12-14-36-15-13-30)26(34)19-16-23(33)32(17-19)21-7-5-20(28)6-8-21;/h4-9,19H,3,10-17H2,1-2H3;1H. The molecule has 1 atom stereocenters. The molecule has 3 heterocycles. The molecular formula is C27H32ClFN4O4S. The molecule has 2 saturated heterocycles. The van der Waals surface area contributed by atoms with Crippen molar-refractivity contribution in [2.75, 3.05) is 62.8 Å². The number of carbonyl (C=O) groups is 2. The summed E-state index contributed by atoms with van der Waals surface area (Å²) in [6.07, 6.45) is 0.892.